The first kappa shape index (κ1) is 11.7. The van der Waals surface area contributed by atoms with Crippen molar-refractivity contribution in [2.45, 2.75) is 26.5 Å². The van der Waals surface area contributed by atoms with Crippen LogP contribution in [0.1, 0.15) is 19.7 Å². The van der Waals surface area contributed by atoms with Crippen LogP contribution in [0.25, 0.3) is 5.69 Å². The lowest BCUT2D eigenvalue weighted by molar-refractivity contribution is 0.242. The van der Waals surface area contributed by atoms with Crippen LogP contribution < -0.4 is 10.5 Å². The molecule has 1 heterocycles. The lowest BCUT2D eigenvalue weighted by atomic mass is 10.3. The second-order valence-corrected chi connectivity index (χ2v) is 4.08. The Morgan fingerprint density at radius 1 is 1.29 bits per heavy atom. The minimum absolute atomic E-state index is 0.189. The van der Waals surface area contributed by atoms with Crippen molar-refractivity contribution < 1.29 is 4.74 Å². The quantitative estimate of drug-likeness (QED) is 0.876. The molecule has 4 heteroatoms. The zero-order chi connectivity index (χ0) is 12.3. The van der Waals surface area contributed by atoms with Crippen molar-refractivity contribution in [1.29, 1.82) is 0 Å². The Kier molecular flexibility index (Phi) is 3.44. The number of nitrogens with zero attached hydrogens (tertiary/aromatic N) is 2. The fraction of sp³-hybridized carbons (Fsp3) is 0.308. The van der Waals surface area contributed by atoms with Gasteiger partial charge in [-0.05, 0) is 38.1 Å². The number of hydrogen-bond donors (Lipinski definition) is 1. The van der Waals surface area contributed by atoms with E-state index in [0.717, 1.165) is 17.3 Å². The van der Waals surface area contributed by atoms with Crippen molar-refractivity contribution in [1.82, 2.24) is 9.55 Å². The molecule has 1 aromatic carbocycles. The monoisotopic (exact) mass is 231 g/mol. The molecule has 0 aliphatic carbocycles. The van der Waals surface area contributed by atoms with Crippen molar-refractivity contribution in [2.24, 2.45) is 5.73 Å². The van der Waals surface area contributed by atoms with Crippen molar-refractivity contribution in [3.63, 3.8) is 0 Å². The van der Waals surface area contributed by atoms with Gasteiger partial charge in [-0.25, -0.2) is 4.98 Å². The average Bonchev–Trinajstić information content (AvgIpc) is 2.77. The van der Waals surface area contributed by atoms with E-state index in [4.69, 9.17) is 10.5 Å². The number of hydrogen-bond acceptors (Lipinski definition) is 3. The standard InChI is InChI=1S/C13H17N3O/c1-10(2)17-12-5-3-11(4-6-12)16-8-7-15-13(16)9-14/h3-8,10H,9,14H2,1-2H3. The van der Waals surface area contributed by atoms with Gasteiger partial charge in [0.25, 0.3) is 0 Å². The van der Waals surface area contributed by atoms with E-state index >= 15 is 0 Å². The first-order chi connectivity index (χ1) is 8.20. The Bertz CT molecular complexity index is 474. The van der Waals surface area contributed by atoms with Crippen molar-refractivity contribution in [3.8, 4) is 11.4 Å². The summed E-state index contributed by atoms with van der Waals surface area (Å²) in [5, 5.41) is 0. The predicted molar refractivity (Wildman–Crippen MR) is 67.2 cm³/mol. The molecule has 0 bridgehead atoms. The summed E-state index contributed by atoms with van der Waals surface area (Å²) in [4.78, 5) is 4.19. The summed E-state index contributed by atoms with van der Waals surface area (Å²) in [6.45, 7) is 4.45. The highest BCUT2D eigenvalue weighted by atomic mass is 16.5. The third-order valence-corrected chi connectivity index (χ3v) is 2.39. The molecule has 2 rings (SSSR count). The molecule has 1 aromatic heterocycles. The van der Waals surface area contributed by atoms with Gasteiger partial charge in [-0.3, -0.25) is 0 Å². The Morgan fingerprint density at radius 2 is 2.00 bits per heavy atom. The molecule has 0 saturated carbocycles. The molecular formula is C13H17N3O. The third-order valence-electron chi connectivity index (χ3n) is 2.39. The SMILES string of the molecule is CC(C)Oc1ccc(-n2ccnc2CN)cc1. The summed E-state index contributed by atoms with van der Waals surface area (Å²) in [7, 11) is 0. The van der Waals surface area contributed by atoms with Gasteiger partial charge in [0.1, 0.15) is 11.6 Å². The maximum atomic E-state index is 5.62. The van der Waals surface area contributed by atoms with E-state index in [1.165, 1.54) is 0 Å². The van der Waals surface area contributed by atoms with E-state index in [1.54, 1.807) is 6.20 Å². The molecule has 0 spiro atoms. The van der Waals surface area contributed by atoms with Gasteiger partial charge in [0, 0.05) is 18.1 Å². The number of imidazole rings is 1. The fourth-order valence-corrected chi connectivity index (χ4v) is 1.68. The highest BCUT2D eigenvalue weighted by Gasteiger charge is 2.03. The van der Waals surface area contributed by atoms with Crippen LogP contribution >= 0.6 is 0 Å². The van der Waals surface area contributed by atoms with Crippen LogP contribution in [0.5, 0.6) is 5.75 Å². The van der Waals surface area contributed by atoms with Crippen LogP contribution in [0.4, 0.5) is 0 Å². The molecule has 0 aliphatic heterocycles. The molecule has 90 valence electrons. The van der Waals surface area contributed by atoms with Gasteiger partial charge < -0.3 is 15.0 Å². The van der Waals surface area contributed by atoms with E-state index in [9.17, 15) is 0 Å². The van der Waals surface area contributed by atoms with Gasteiger partial charge in [-0.1, -0.05) is 0 Å². The Hall–Kier alpha value is -1.81. The molecule has 2 aromatic rings. The number of ether oxygens (including phenoxy) is 1. The van der Waals surface area contributed by atoms with Crippen molar-refractivity contribution in [2.75, 3.05) is 0 Å². The minimum Gasteiger partial charge on any atom is -0.491 e. The highest BCUT2D eigenvalue weighted by molar-refractivity contribution is 5.38. The Morgan fingerprint density at radius 3 is 2.59 bits per heavy atom. The van der Waals surface area contributed by atoms with Crippen LogP contribution in [0.3, 0.4) is 0 Å². The van der Waals surface area contributed by atoms with Crippen LogP contribution in [-0.2, 0) is 6.54 Å². The van der Waals surface area contributed by atoms with Gasteiger partial charge in [-0.15, -0.1) is 0 Å². The topological polar surface area (TPSA) is 53.1 Å². The molecule has 0 unspecified atom stereocenters. The molecule has 2 N–H and O–H groups in total. The van der Waals surface area contributed by atoms with E-state index in [1.807, 2.05) is 48.9 Å². The van der Waals surface area contributed by atoms with Crippen LogP contribution in [0.15, 0.2) is 36.7 Å². The molecule has 0 saturated heterocycles. The van der Waals surface area contributed by atoms with Crippen LogP contribution in [0, 0.1) is 0 Å². The molecule has 0 atom stereocenters. The summed E-state index contributed by atoms with van der Waals surface area (Å²) in [5.41, 5.74) is 6.66. The normalized spacial score (nSPS) is 10.8. The lowest BCUT2D eigenvalue weighted by Gasteiger charge is -2.11. The fourth-order valence-electron chi connectivity index (χ4n) is 1.68. The molecule has 17 heavy (non-hydrogen) atoms. The van der Waals surface area contributed by atoms with E-state index < -0.39 is 0 Å². The molecule has 0 amide bonds. The molecule has 0 radical (unpaired) electrons. The van der Waals surface area contributed by atoms with Crippen LogP contribution in [0.2, 0.25) is 0 Å². The number of rotatable bonds is 4. The highest BCUT2D eigenvalue weighted by Crippen LogP contribution is 2.17. The van der Waals surface area contributed by atoms with Crippen molar-refractivity contribution in [3.05, 3.63) is 42.5 Å². The molecular weight excluding hydrogens is 214 g/mol. The van der Waals surface area contributed by atoms with E-state index in [0.29, 0.717) is 6.54 Å². The first-order valence-corrected chi connectivity index (χ1v) is 5.70. The summed E-state index contributed by atoms with van der Waals surface area (Å²) in [5.74, 6) is 1.72. The lowest BCUT2D eigenvalue weighted by Crippen LogP contribution is -2.07. The van der Waals surface area contributed by atoms with Gasteiger partial charge >= 0.3 is 0 Å². The first-order valence-electron chi connectivity index (χ1n) is 5.70. The van der Waals surface area contributed by atoms with Gasteiger partial charge in [0.2, 0.25) is 0 Å². The predicted octanol–water partition coefficient (Wildman–Crippen LogP) is 2.12. The van der Waals surface area contributed by atoms with Crippen LogP contribution in [-0.4, -0.2) is 15.7 Å². The van der Waals surface area contributed by atoms with E-state index in [2.05, 4.69) is 4.98 Å². The Labute approximate surface area is 101 Å². The minimum atomic E-state index is 0.189. The largest absolute Gasteiger partial charge is 0.491 e. The number of aromatic nitrogens is 2. The Balaban J connectivity index is 2.23. The summed E-state index contributed by atoms with van der Waals surface area (Å²) in [6, 6.07) is 7.91. The van der Waals surface area contributed by atoms with Crippen molar-refractivity contribution >= 4 is 0 Å². The molecule has 0 fully saturated rings. The van der Waals surface area contributed by atoms with Gasteiger partial charge in [-0.2, -0.15) is 0 Å². The number of nitrogens with two attached hydrogens (primary N) is 1. The summed E-state index contributed by atoms with van der Waals surface area (Å²) >= 11 is 0. The maximum absolute atomic E-state index is 5.62. The zero-order valence-electron chi connectivity index (χ0n) is 10.1. The van der Waals surface area contributed by atoms with Gasteiger partial charge in [0.05, 0.1) is 12.6 Å². The second kappa shape index (κ2) is 5.01. The zero-order valence-corrected chi connectivity index (χ0v) is 10.1. The van der Waals surface area contributed by atoms with E-state index in [-0.39, 0.29) is 6.10 Å². The maximum Gasteiger partial charge on any atom is 0.126 e. The molecule has 4 nitrogen and oxygen atoms in total. The third kappa shape index (κ3) is 2.65. The average molecular weight is 231 g/mol. The smallest absolute Gasteiger partial charge is 0.126 e. The second-order valence-electron chi connectivity index (χ2n) is 4.08. The summed E-state index contributed by atoms with van der Waals surface area (Å²) in [6.07, 6.45) is 3.84. The summed E-state index contributed by atoms with van der Waals surface area (Å²) < 4.78 is 7.56. The molecule has 0 aliphatic rings. The number of benzene rings is 1. The van der Waals surface area contributed by atoms with Gasteiger partial charge in [0.15, 0.2) is 0 Å².